The predicted octanol–water partition coefficient (Wildman–Crippen LogP) is 1.15. The highest BCUT2D eigenvalue weighted by atomic mass is 32.1. The Balaban J connectivity index is 1.68. The zero-order chi connectivity index (χ0) is 15.1. The number of guanidine groups is 1. The summed E-state index contributed by atoms with van der Waals surface area (Å²) in [6.07, 6.45) is 2.60. The SMILES string of the molecule is CCNC(=NCC1CC1)NCCNC(=O)c1scnc1C. The Morgan fingerprint density at radius 1 is 1.38 bits per heavy atom. The van der Waals surface area contributed by atoms with Crippen molar-refractivity contribution in [3.63, 3.8) is 0 Å². The molecule has 0 aromatic carbocycles. The van der Waals surface area contributed by atoms with Gasteiger partial charge in [0.05, 0.1) is 11.2 Å². The van der Waals surface area contributed by atoms with Crippen molar-refractivity contribution >= 4 is 23.2 Å². The first-order valence-corrected chi connectivity index (χ1v) is 8.29. The second kappa shape index (κ2) is 7.97. The Morgan fingerprint density at radius 3 is 2.76 bits per heavy atom. The summed E-state index contributed by atoms with van der Waals surface area (Å²) in [4.78, 5) is 21.2. The van der Waals surface area contributed by atoms with Crippen LogP contribution in [0.25, 0.3) is 0 Å². The predicted molar refractivity (Wildman–Crippen MR) is 85.9 cm³/mol. The molecule has 1 fully saturated rings. The molecule has 1 aliphatic carbocycles. The highest BCUT2D eigenvalue weighted by Gasteiger charge is 2.20. The van der Waals surface area contributed by atoms with Crippen molar-refractivity contribution in [1.29, 1.82) is 0 Å². The van der Waals surface area contributed by atoms with E-state index in [0.29, 0.717) is 18.0 Å². The van der Waals surface area contributed by atoms with Crippen LogP contribution in [0.2, 0.25) is 0 Å². The fourth-order valence-corrected chi connectivity index (χ4v) is 2.54. The van der Waals surface area contributed by atoms with Crippen molar-refractivity contribution in [1.82, 2.24) is 20.9 Å². The Hall–Kier alpha value is -1.63. The highest BCUT2D eigenvalue weighted by Crippen LogP contribution is 2.28. The molecule has 0 bridgehead atoms. The number of carbonyl (C=O) groups excluding carboxylic acids is 1. The molecule has 1 saturated carbocycles. The lowest BCUT2D eigenvalue weighted by atomic mass is 10.4. The van der Waals surface area contributed by atoms with E-state index >= 15 is 0 Å². The van der Waals surface area contributed by atoms with Gasteiger partial charge in [0.2, 0.25) is 0 Å². The molecule has 2 rings (SSSR count). The van der Waals surface area contributed by atoms with Crippen molar-refractivity contribution < 1.29 is 4.79 Å². The number of rotatable bonds is 7. The van der Waals surface area contributed by atoms with Crippen LogP contribution in [0.1, 0.15) is 35.1 Å². The van der Waals surface area contributed by atoms with Crippen LogP contribution in [-0.4, -0.2) is 43.0 Å². The molecule has 3 N–H and O–H groups in total. The number of nitrogens with zero attached hydrogens (tertiary/aromatic N) is 2. The van der Waals surface area contributed by atoms with Gasteiger partial charge in [-0.05, 0) is 32.6 Å². The lowest BCUT2D eigenvalue weighted by Crippen LogP contribution is -2.41. The molecule has 0 radical (unpaired) electrons. The van der Waals surface area contributed by atoms with Gasteiger partial charge in [0.1, 0.15) is 4.88 Å². The zero-order valence-corrected chi connectivity index (χ0v) is 13.4. The number of amides is 1. The van der Waals surface area contributed by atoms with Crippen molar-refractivity contribution in [2.24, 2.45) is 10.9 Å². The maximum Gasteiger partial charge on any atom is 0.263 e. The summed E-state index contributed by atoms with van der Waals surface area (Å²) in [6, 6.07) is 0. The van der Waals surface area contributed by atoms with E-state index in [1.807, 2.05) is 13.8 Å². The summed E-state index contributed by atoms with van der Waals surface area (Å²) >= 11 is 1.37. The van der Waals surface area contributed by atoms with Crippen molar-refractivity contribution in [3.8, 4) is 0 Å². The van der Waals surface area contributed by atoms with Crippen LogP contribution in [0, 0.1) is 12.8 Å². The van der Waals surface area contributed by atoms with Gasteiger partial charge in [0, 0.05) is 26.2 Å². The lowest BCUT2D eigenvalue weighted by Gasteiger charge is -2.11. The molecule has 1 amide bonds. The van der Waals surface area contributed by atoms with E-state index in [1.165, 1.54) is 24.2 Å². The van der Waals surface area contributed by atoms with Gasteiger partial charge < -0.3 is 16.0 Å². The third-order valence-corrected chi connectivity index (χ3v) is 4.13. The number of hydrogen-bond acceptors (Lipinski definition) is 4. The summed E-state index contributed by atoms with van der Waals surface area (Å²) in [7, 11) is 0. The standard InChI is InChI=1S/C14H23N5OS/c1-3-15-14(18-8-11-4-5-11)17-7-6-16-13(20)12-10(2)19-9-21-12/h9,11H,3-8H2,1-2H3,(H,16,20)(H2,15,17,18). The van der Waals surface area contributed by atoms with Gasteiger partial charge in [-0.2, -0.15) is 0 Å². The zero-order valence-electron chi connectivity index (χ0n) is 12.6. The van der Waals surface area contributed by atoms with Gasteiger partial charge in [-0.25, -0.2) is 4.98 Å². The Morgan fingerprint density at radius 2 is 2.14 bits per heavy atom. The van der Waals surface area contributed by atoms with Gasteiger partial charge in [-0.15, -0.1) is 11.3 Å². The van der Waals surface area contributed by atoms with Crippen LogP contribution in [0.3, 0.4) is 0 Å². The van der Waals surface area contributed by atoms with Crippen molar-refractivity contribution in [2.75, 3.05) is 26.2 Å². The minimum absolute atomic E-state index is 0.0586. The average molecular weight is 309 g/mol. The first kappa shape index (κ1) is 15.8. The molecular formula is C14H23N5OS. The average Bonchev–Trinajstić information content (AvgIpc) is 3.20. The second-order valence-electron chi connectivity index (χ2n) is 5.11. The minimum Gasteiger partial charge on any atom is -0.357 e. The molecule has 1 aromatic heterocycles. The van der Waals surface area contributed by atoms with Crippen molar-refractivity contribution in [2.45, 2.75) is 26.7 Å². The van der Waals surface area contributed by atoms with E-state index < -0.39 is 0 Å². The van der Waals surface area contributed by atoms with E-state index in [2.05, 4.69) is 25.9 Å². The molecule has 0 saturated heterocycles. The molecule has 7 heteroatoms. The fourth-order valence-electron chi connectivity index (χ4n) is 1.82. The second-order valence-corrected chi connectivity index (χ2v) is 5.97. The Bertz CT molecular complexity index is 495. The first-order chi connectivity index (χ1) is 10.2. The number of nitrogens with one attached hydrogen (secondary N) is 3. The first-order valence-electron chi connectivity index (χ1n) is 7.41. The van der Waals surface area contributed by atoms with E-state index in [1.54, 1.807) is 5.51 Å². The normalized spacial score (nSPS) is 14.9. The van der Waals surface area contributed by atoms with E-state index in [-0.39, 0.29) is 5.91 Å². The summed E-state index contributed by atoms with van der Waals surface area (Å²) in [6.45, 7) is 6.83. The molecule has 0 spiro atoms. The highest BCUT2D eigenvalue weighted by molar-refractivity contribution is 7.11. The molecule has 0 aliphatic heterocycles. The van der Waals surface area contributed by atoms with Gasteiger partial charge in [-0.1, -0.05) is 0 Å². The molecule has 21 heavy (non-hydrogen) atoms. The third-order valence-electron chi connectivity index (χ3n) is 3.20. The largest absolute Gasteiger partial charge is 0.357 e. The minimum atomic E-state index is -0.0586. The molecule has 6 nitrogen and oxygen atoms in total. The fraction of sp³-hybridized carbons (Fsp3) is 0.643. The van der Waals surface area contributed by atoms with Crippen LogP contribution in [0.15, 0.2) is 10.5 Å². The van der Waals surface area contributed by atoms with E-state index in [9.17, 15) is 4.79 Å². The molecule has 1 aliphatic rings. The van der Waals surface area contributed by atoms with Crippen LogP contribution < -0.4 is 16.0 Å². The molecule has 0 atom stereocenters. The number of aromatic nitrogens is 1. The van der Waals surface area contributed by atoms with Crippen LogP contribution in [-0.2, 0) is 0 Å². The maximum atomic E-state index is 11.9. The summed E-state index contributed by atoms with van der Waals surface area (Å²) in [5.41, 5.74) is 2.47. The molecule has 1 heterocycles. The molecular weight excluding hydrogens is 286 g/mol. The smallest absolute Gasteiger partial charge is 0.263 e. The van der Waals surface area contributed by atoms with Crippen LogP contribution in [0.4, 0.5) is 0 Å². The molecule has 116 valence electrons. The quantitative estimate of drug-likeness (QED) is 0.401. The van der Waals surface area contributed by atoms with Gasteiger partial charge in [0.25, 0.3) is 5.91 Å². The van der Waals surface area contributed by atoms with Gasteiger partial charge in [0.15, 0.2) is 5.96 Å². The van der Waals surface area contributed by atoms with E-state index in [4.69, 9.17) is 0 Å². The monoisotopic (exact) mass is 309 g/mol. The number of thiazole rings is 1. The third kappa shape index (κ3) is 5.34. The lowest BCUT2D eigenvalue weighted by molar-refractivity contribution is 0.0957. The van der Waals surface area contributed by atoms with Crippen LogP contribution >= 0.6 is 11.3 Å². The summed E-state index contributed by atoms with van der Waals surface area (Å²) in [5, 5.41) is 9.33. The molecule has 1 aromatic rings. The number of carbonyl (C=O) groups is 1. The Labute approximate surface area is 129 Å². The van der Waals surface area contributed by atoms with Crippen molar-refractivity contribution in [3.05, 3.63) is 16.1 Å². The summed E-state index contributed by atoms with van der Waals surface area (Å²) in [5.74, 6) is 1.54. The Kier molecular flexibility index (Phi) is 5.98. The maximum absolute atomic E-state index is 11.9. The number of aliphatic imine (C=N–C) groups is 1. The van der Waals surface area contributed by atoms with E-state index in [0.717, 1.165) is 30.7 Å². The van der Waals surface area contributed by atoms with Crippen LogP contribution in [0.5, 0.6) is 0 Å². The number of aryl methyl sites for hydroxylation is 1. The van der Waals surface area contributed by atoms with Gasteiger partial charge in [-0.3, -0.25) is 9.79 Å². The van der Waals surface area contributed by atoms with Gasteiger partial charge >= 0.3 is 0 Å². The molecule has 0 unspecified atom stereocenters. The summed E-state index contributed by atoms with van der Waals surface area (Å²) < 4.78 is 0. The topological polar surface area (TPSA) is 78.4 Å². The number of hydrogen-bond donors (Lipinski definition) is 3.